The van der Waals surface area contributed by atoms with Crippen LogP contribution in [0.1, 0.15) is 36.3 Å². The molecule has 1 amide bonds. The molecule has 204 valence electrons. The van der Waals surface area contributed by atoms with Gasteiger partial charge in [0.2, 0.25) is 6.29 Å². The Kier molecular flexibility index (Phi) is 8.29. The van der Waals surface area contributed by atoms with Gasteiger partial charge in [-0.05, 0) is 61.2 Å². The summed E-state index contributed by atoms with van der Waals surface area (Å²) in [6.07, 6.45) is 6.55. The molecule has 2 unspecified atom stereocenters. The normalized spacial score (nSPS) is 17.1. The van der Waals surface area contributed by atoms with E-state index in [1.807, 2.05) is 30.5 Å². The van der Waals surface area contributed by atoms with Crippen LogP contribution in [0.25, 0.3) is 21.9 Å². The fraction of sp³-hybridized carbons (Fsp3) is 0.333. The Balaban J connectivity index is 1.32. The summed E-state index contributed by atoms with van der Waals surface area (Å²) in [5.41, 5.74) is 2.85. The average molecular weight is 533 g/mol. The van der Waals surface area contributed by atoms with Crippen LogP contribution in [0.3, 0.4) is 0 Å². The molecule has 0 aliphatic carbocycles. The number of allylic oxidation sites excluding steroid dienone is 1. The molecule has 4 aromatic rings. The topological polar surface area (TPSA) is 123 Å². The van der Waals surface area contributed by atoms with Gasteiger partial charge < -0.3 is 34.0 Å². The zero-order chi connectivity index (χ0) is 27.2. The highest BCUT2D eigenvalue weighted by atomic mass is 16.7. The first-order chi connectivity index (χ1) is 19.1. The Morgan fingerprint density at radius 1 is 1.18 bits per heavy atom. The van der Waals surface area contributed by atoms with Gasteiger partial charge in [0.15, 0.2) is 11.2 Å². The first-order valence-corrected chi connectivity index (χ1v) is 13.1. The first kappa shape index (κ1) is 26.5. The van der Waals surface area contributed by atoms with Gasteiger partial charge in [0, 0.05) is 48.2 Å². The number of aliphatic hydroxyl groups is 1. The highest BCUT2D eigenvalue weighted by Gasteiger charge is 2.30. The van der Waals surface area contributed by atoms with Gasteiger partial charge >= 0.3 is 0 Å². The molecule has 5 rings (SSSR count). The quantitative estimate of drug-likeness (QED) is 0.248. The van der Waals surface area contributed by atoms with Crippen molar-refractivity contribution in [2.45, 2.75) is 37.9 Å². The zero-order valence-electron chi connectivity index (χ0n) is 21.8. The molecule has 3 heterocycles. The number of unbranched alkanes of at least 4 members (excludes halogenated alkanes) is 1. The van der Waals surface area contributed by atoms with E-state index in [-0.39, 0.29) is 23.7 Å². The summed E-state index contributed by atoms with van der Waals surface area (Å²) in [7, 11) is 1.63. The van der Waals surface area contributed by atoms with Gasteiger partial charge in [0.25, 0.3) is 5.91 Å². The van der Waals surface area contributed by atoms with Crippen molar-refractivity contribution in [3.05, 3.63) is 88.1 Å². The number of para-hydroxylation sites is 1. The number of carbonyl (C=O) groups is 1. The molecule has 39 heavy (non-hydrogen) atoms. The maximum Gasteiger partial charge on any atom is 0.286 e. The molecule has 9 nitrogen and oxygen atoms in total. The van der Waals surface area contributed by atoms with Crippen molar-refractivity contribution in [3.8, 4) is 5.75 Å². The SMILES string of the molecule is COc1ccc2[nH]cc(CCNC(=O)C3=CC(c4coc5ccccc5c4=O)CC(OCCCCO)O3)c2c1. The number of hydrogen-bond acceptors (Lipinski definition) is 7. The van der Waals surface area contributed by atoms with Crippen molar-refractivity contribution >= 4 is 27.8 Å². The number of carbonyl (C=O) groups excluding carboxylic acids is 1. The molecule has 0 spiro atoms. The number of benzene rings is 2. The van der Waals surface area contributed by atoms with E-state index in [0.717, 1.165) is 22.2 Å². The molecule has 0 fully saturated rings. The summed E-state index contributed by atoms with van der Waals surface area (Å²) in [6.45, 7) is 0.824. The second-order valence-electron chi connectivity index (χ2n) is 9.47. The summed E-state index contributed by atoms with van der Waals surface area (Å²) in [5, 5.41) is 13.5. The van der Waals surface area contributed by atoms with Gasteiger partial charge in [-0.15, -0.1) is 0 Å². The molecule has 1 aliphatic rings. The minimum atomic E-state index is -0.716. The van der Waals surface area contributed by atoms with E-state index in [0.29, 0.717) is 55.4 Å². The molecule has 3 N–H and O–H groups in total. The number of aliphatic hydroxyl groups excluding tert-OH is 1. The van der Waals surface area contributed by atoms with E-state index in [9.17, 15) is 9.59 Å². The van der Waals surface area contributed by atoms with Crippen LogP contribution in [0.5, 0.6) is 5.75 Å². The van der Waals surface area contributed by atoms with E-state index in [1.54, 1.807) is 31.4 Å². The number of aromatic nitrogens is 1. The average Bonchev–Trinajstić information content (AvgIpc) is 3.37. The Morgan fingerprint density at radius 3 is 2.90 bits per heavy atom. The van der Waals surface area contributed by atoms with Gasteiger partial charge in [0.05, 0.1) is 25.4 Å². The molecular formula is C30H32N2O7. The van der Waals surface area contributed by atoms with Crippen molar-refractivity contribution in [3.63, 3.8) is 0 Å². The first-order valence-electron chi connectivity index (χ1n) is 13.1. The lowest BCUT2D eigenvalue weighted by atomic mass is 9.93. The van der Waals surface area contributed by atoms with Crippen LogP contribution in [-0.2, 0) is 20.7 Å². The Labute approximate surface area is 225 Å². The minimum absolute atomic E-state index is 0.0758. The maximum absolute atomic E-state index is 13.3. The molecule has 0 bridgehead atoms. The Morgan fingerprint density at radius 2 is 2.05 bits per heavy atom. The van der Waals surface area contributed by atoms with E-state index in [1.165, 1.54) is 6.26 Å². The lowest BCUT2D eigenvalue weighted by molar-refractivity contribution is -0.146. The summed E-state index contributed by atoms with van der Waals surface area (Å²) in [6, 6.07) is 12.9. The lowest BCUT2D eigenvalue weighted by Crippen LogP contribution is -2.34. The standard InChI is InChI=1S/C30H32N2O7/c1-36-21-8-9-25-23(16-21)19(17-32-25)10-11-31-30(35)27-14-20(15-28(39-27)37-13-5-4-12-33)24-18-38-26-7-3-2-6-22(26)29(24)34/h2-3,6-9,14,16-18,20,28,32-33H,4-5,10-13,15H2,1H3,(H,31,35). The minimum Gasteiger partial charge on any atom is -0.497 e. The third-order valence-corrected chi connectivity index (χ3v) is 6.90. The highest BCUT2D eigenvalue weighted by molar-refractivity contribution is 5.92. The lowest BCUT2D eigenvalue weighted by Gasteiger charge is -2.29. The number of ether oxygens (including phenoxy) is 3. The van der Waals surface area contributed by atoms with E-state index in [4.69, 9.17) is 23.7 Å². The molecule has 9 heteroatoms. The predicted molar refractivity (Wildman–Crippen MR) is 147 cm³/mol. The van der Waals surface area contributed by atoms with E-state index >= 15 is 0 Å². The molecule has 2 aromatic heterocycles. The highest BCUT2D eigenvalue weighted by Crippen LogP contribution is 2.31. The third kappa shape index (κ3) is 6.00. The number of fused-ring (bicyclic) bond motifs is 2. The van der Waals surface area contributed by atoms with E-state index in [2.05, 4.69) is 10.3 Å². The Hall–Kier alpha value is -4.08. The summed E-state index contributed by atoms with van der Waals surface area (Å²) >= 11 is 0. The number of rotatable bonds is 11. The van der Waals surface area contributed by atoms with Crippen molar-refractivity contribution in [1.82, 2.24) is 10.3 Å². The molecule has 2 atom stereocenters. The molecule has 1 aliphatic heterocycles. The summed E-state index contributed by atoms with van der Waals surface area (Å²) in [4.78, 5) is 29.7. The van der Waals surface area contributed by atoms with Crippen LogP contribution < -0.4 is 15.5 Å². The molecular weight excluding hydrogens is 500 g/mol. The number of aromatic amines is 1. The fourth-order valence-electron chi connectivity index (χ4n) is 4.80. The summed E-state index contributed by atoms with van der Waals surface area (Å²) in [5.74, 6) is 0.0597. The zero-order valence-corrected chi connectivity index (χ0v) is 21.8. The van der Waals surface area contributed by atoms with Gasteiger partial charge in [-0.2, -0.15) is 0 Å². The molecule has 0 saturated carbocycles. The second-order valence-corrected chi connectivity index (χ2v) is 9.47. The number of amides is 1. The van der Waals surface area contributed by atoms with Gasteiger partial charge in [0.1, 0.15) is 11.3 Å². The van der Waals surface area contributed by atoms with Gasteiger partial charge in [-0.3, -0.25) is 9.59 Å². The van der Waals surface area contributed by atoms with Crippen LogP contribution in [-0.4, -0.2) is 49.2 Å². The molecule has 0 saturated heterocycles. The number of nitrogens with one attached hydrogen (secondary N) is 2. The smallest absolute Gasteiger partial charge is 0.286 e. The maximum atomic E-state index is 13.3. The van der Waals surface area contributed by atoms with Crippen molar-refractivity contribution in [2.75, 3.05) is 26.9 Å². The fourth-order valence-corrected chi connectivity index (χ4v) is 4.80. The molecule has 0 radical (unpaired) electrons. The van der Waals surface area contributed by atoms with Gasteiger partial charge in [-0.25, -0.2) is 0 Å². The van der Waals surface area contributed by atoms with Crippen LogP contribution in [0, 0.1) is 0 Å². The predicted octanol–water partition coefficient (Wildman–Crippen LogP) is 4.14. The Bertz CT molecular complexity index is 1540. The monoisotopic (exact) mass is 532 g/mol. The van der Waals surface area contributed by atoms with Crippen LogP contribution >= 0.6 is 0 Å². The number of H-pyrrole nitrogens is 1. The second kappa shape index (κ2) is 12.2. The van der Waals surface area contributed by atoms with Crippen molar-refractivity contribution in [2.24, 2.45) is 0 Å². The third-order valence-electron chi connectivity index (χ3n) is 6.90. The van der Waals surface area contributed by atoms with Gasteiger partial charge in [-0.1, -0.05) is 12.1 Å². The van der Waals surface area contributed by atoms with Crippen LogP contribution in [0.15, 0.2) is 76.0 Å². The summed E-state index contributed by atoms with van der Waals surface area (Å²) < 4.78 is 22.8. The number of methoxy groups -OCH3 is 1. The van der Waals surface area contributed by atoms with Crippen LogP contribution in [0.2, 0.25) is 0 Å². The molecule has 2 aromatic carbocycles. The van der Waals surface area contributed by atoms with Crippen molar-refractivity contribution < 1.29 is 28.5 Å². The largest absolute Gasteiger partial charge is 0.497 e. The number of hydrogen-bond donors (Lipinski definition) is 3. The van der Waals surface area contributed by atoms with Crippen LogP contribution in [0.4, 0.5) is 0 Å². The van der Waals surface area contributed by atoms with Crippen molar-refractivity contribution in [1.29, 1.82) is 0 Å². The van der Waals surface area contributed by atoms with E-state index < -0.39 is 12.2 Å².